The molecule has 0 spiro atoms. The number of nitrogens with one attached hydrogen (secondary N) is 2. The highest BCUT2D eigenvalue weighted by molar-refractivity contribution is 5.82. The first-order valence-corrected chi connectivity index (χ1v) is 10.5. The van der Waals surface area contributed by atoms with Crippen LogP contribution in [0.5, 0.6) is 0 Å². The number of nitrogens with two attached hydrogens (primary N) is 1. The van der Waals surface area contributed by atoms with E-state index in [0.717, 1.165) is 32.2 Å². The third-order valence-corrected chi connectivity index (χ3v) is 4.50. The van der Waals surface area contributed by atoms with E-state index in [1.54, 1.807) is 0 Å². The Morgan fingerprint density at radius 3 is 1.56 bits per heavy atom. The second kappa shape index (κ2) is 19.1. The number of hydrogen-bond acceptors (Lipinski definition) is 4. The number of amides is 2. The molecule has 7 heteroatoms. The summed E-state index contributed by atoms with van der Waals surface area (Å²) < 4.78 is 0. The molecule has 0 saturated carbocycles. The lowest BCUT2D eigenvalue weighted by molar-refractivity contribution is -0.137. The van der Waals surface area contributed by atoms with Crippen LogP contribution < -0.4 is 16.4 Å². The fraction of sp³-hybridized carbons (Fsp3) is 0.850. The van der Waals surface area contributed by atoms with E-state index < -0.39 is 5.97 Å². The first-order chi connectivity index (χ1) is 13.0. The van der Waals surface area contributed by atoms with Crippen molar-refractivity contribution < 1.29 is 19.5 Å². The van der Waals surface area contributed by atoms with Gasteiger partial charge in [-0.25, -0.2) is 0 Å². The van der Waals surface area contributed by atoms with Crippen LogP contribution in [-0.2, 0) is 14.4 Å². The minimum atomic E-state index is -1.03. The van der Waals surface area contributed by atoms with Crippen molar-refractivity contribution in [1.82, 2.24) is 10.6 Å². The summed E-state index contributed by atoms with van der Waals surface area (Å²) >= 11 is 0. The second-order valence-corrected chi connectivity index (χ2v) is 7.16. The number of carboxylic acids is 1. The van der Waals surface area contributed by atoms with E-state index in [1.165, 1.54) is 57.8 Å². The third kappa shape index (κ3) is 22.3. The van der Waals surface area contributed by atoms with Gasteiger partial charge < -0.3 is 21.5 Å². The van der Waals surface area contributed by atoms with Gasteiger partial charge in [0.25, 0.3) is 0 Å². The predicted octanol–water partition coefficient (Wildman–Crippen LogP) is 2.72. The number of rotatable bonds is 20. The Morgan fingerprint density at radius 2 is 1.11 bits per heavy atom. The summed E-state index contributed by atoms with van der Waals surface area (Å²) in [6.45, 7) is 0.649. The highest BCUT2D eigenvalue weighted by atomic mass is 16.4. The molecule has 0 rings (SSSR count). The molecule has 0 aliphatic carbocycles. The average molecular weight is 386 g/mol. The van der Waals surface area contributed by atoms with Crippen LogP contribution in [0.1, 0.15) is 89.9 Å². The smallest absolute Gasteiger partial charge is 0.322 e. The molecule has 0 aromatic rings. The molecule has 0 aliphatic rings. The van der Waals surface area contributed by atoms with Crippen molar-refractivity contribution in [3.63, 3.8) is 0 Å². The van der Waals surface area contributed by atoms with Gasteiger partial charge in [0, 0.05) is 6.42 Å². The molecule has 0 aliphatic heterocycles. The van der Waals surface area contributed by atoms with Gasteiger partial charge in [-0.05, 0) is 19.4 Å². The van der Waals surface area contributed by atoms with Crippen LogP contribution in [0.3, 0.4) is 0 Å². The van der Waals surface area contributed by atoms with Crippen molar-refractivity contribution in [2.45, 2.75) is 89.9 Å². The zero-order chi connectivity index (χ0) is 20.2. The minimum absolute atomic E-state index is 0.179. The largest absolute Gasteiger partial charge is 0.480 e. The summed E-state index contributed by atoms with van der Waals surface area (Å²) in [4.78, 5) is 32.2. The maximum absolute atomic E-state index is 11.3. The molecule has 0 heterocycles. The molecule has 2 amide bonds. The Bertz CT molecular complexity index is 403. The van der Waals surface area contributed by atoms with Gasteiger partial charge in [-0.3, -0.25) is 14.4 Å². The van der Waals surface area contributed by atoms with E-state index >= 15 is 0 Å². The molecule has 5 N–H and O–H groups in total. The van der Waals surface area contributed by atoms with Gasteiger partial charge in [-0.15, -0.1) is 0 Å². The molecule has 0 aromatic carbocycles. The SMILES string of the molecule is NC(=O)CCCCCCCCCCCCCCCNCC(=O)NCC(=O)O. The summed E-state index contributed by atoms with van der Waals surface area (Å²) in [5.41, 5.74) is 5.11. The molecule has 0 bridgehead atoms. The zero-order valence-electron chi connectivity index (χ0n) is 16.8. The second-order valence-electron chi connectivity index (χ2n) is 7.16. The van der Waals surface area contributed by atoms with Crippen molar-refractivity contribution >= 4 is 17.8 Å². The normalized spacial score (nSPS) is 10.7. The van der Waals surface area contributed by atoms with E-state index in [9.17, 15) is 14.4 Å². The van der Waals surface area contributed by atoms with Crippen LogP contribution in [0.2, 0.25) is 0 Å². The molecule has 0 saturated heterocycles. The van der Waals surface area contributed by atoms with E-state index in [4.69, 9.17) is 10.8 Å². The lowest BCUT2D eigenvalue weighted by atomic mass is 10.0. The van der Waals surface area contributed by atoms with Crippen molar-refractivity contribution in [3.05, 3.63) is 0 Å². The first-order valence-electron chi connectivity index (χ1n) is 10.5. The number of hydrogen-bond donors (Lipinski definition) is 4. The third-order valence-electron chi connectivity index (χ3n) is 4.50. The summed E-state index contributed by atoms with van der Waals surface area (Å²) in [7, 11) is 0. The van der Waals surface area contributed by atoms with Gasteiger partial charge in [-0.2, -0.15) is 0 Å². The molecule has 0 unspecified atom stereocenters. The molecule has 27 heavy (non-hydrogen) atoms. The molecule has 158 valence electrons. The Kier molecular flexibility index (Phi) is 18.0. The topological polar surface area (TPSA) is 122 Å². The van der Waals surface area contributed by atoms with Gasteiger partial charge >= 0.3 is 5.97 Å². The number of unbranched alkanes of at least 4 members (excludes halogenated alkanes) is 12. The van der Waals surface area contributed by atoms with Gasteiger partial charge in [-0.1, -0.05) is 70.6 Å². The molecule has 7 nitrogen and oxygen atoms in total. The van der Waals surface area contributed by atoms with Crippen molar-refractivity contribution in [2.75, 3.05) is 19.6 Å². The van der Waals surface area contributed by atoms with Crippen LogP contribution in [0.15, 0.2) is 0 Å². The maximum atomic E-state index is 11.3. The quantitative estimate of drug-likeness (QED) is 0.240. The highest BCUT2D eigenvalue weighted by Crippen LogP contribution is 2.12. The summed E-state index contributed by atoms with van der Waals surface area (Å²) in [6.07, 6.45) is 16.3. The van der Waals surface area contributed by atoms with Gasteiger partial charge in [0.15, 0.2) is 0 Å². The molecule has 0 fully saturated rings. The Labute approximate surface area is 163 Å². The van der Waals surface area contributed by atoms with Gasteiger partial charge in [0.05, 0.1) is 6.54 Å². The maximum Gasteiger partial charge on any atom is 0.322 e. The standard InChI is InChI=1S/C20H39N3O4/c21-18(24)14-12-10-8-6-4-2-1-3-5-7-9-11-13-15-22-16-19(25)23-17-20(26)27/h22H,1-17H2,(H2,21,24)(H,23,25)(H,26,27). The highest BCUT2D eigenvalue weighted by Gasteiger charge is 2.02. The number of carbonyl (C=O) groups is 3. The van der Waals surface area contributed by atoms with E-state index in [0.29, 0.717) is 6.42 Å². The Hall–Kier alpha value is -1.63. The average Bonchev–Trinajstić information content (AvgIpc) is 2.62. The van der Waals surface area contributed by atoms with Crippen molar-refractivity contribution in [1.29, 1.82) is 0 Å². The number of primary amides is 1. The number of carbonyl (C=O) groups excluding carboxylic acids is 2. The van der Waals surface area contributed by atoms with E-state index in [-0.39, 0.29) is 24.9 Å². The Morgan fingerprint density at radius 1 is 0.667 bits per heavy atom. The van der Waals surface area contributed by atoms with Crippen molar-refractivity contribution in [3.8, 4) is 0 Å². The molecule has 0 radical (unpaired) electrons. The van der Waals surface area contributed by atoms with Crippen molar-refractivity contribution in [2.24, 2.45) is 5.73 Å². The van der Waals surface area contributed by atoms with Crippen LogP contribution in [0.25, 0.3) is 0 Å². The Balaban J connectivity index is 3.11. The summed E-state index contributed by atoms with van der Waals surface area (Å²) in [5.74, 6) is -1.49. The van der Waals surface area contributed by atoms with E-state index in [2.05, 4.69) is 10.6 Å². The number of aliphatic carboxylic acids is 1. The predicted molar refractivity (Wildman–Crippen MR) is 107 cm³/mol. The first kappa shape index (κ1) is 25.4. The molecular formula is C20H39N3O4. The van der Waals surface area contributed by atoms with E-state index in [1.807, 2.05) is 0 Å². The van der Waals surface area contributed by atoms with Crippen LogP contribution >= 0.6 is 0 Å². The van der Waals surface area contributed by atoms with Gasteiger partial charge in [0.1, 0.15) is 6.54 Å². The van der Waals surface area contributed by atoms with Gasteiger partial charge in [0.2, 0.25) is 11.8 Å². The molecule has 0 atom stereocenters. The lowest BCUT2D eigenvalue weighted by Crippen LogP contribution is -2.37. The van der Waals surface area contributed by atoms with Crippen LogP contribution in [0, 0.1) is 0 Å². The lowest BCUT2D eigenvalue weighted by Gasteiger charge is -2.05. The fourth-order valence-corrected chi connectivity index (χ4v) is 2.93. The van der Waals surface area contributed by atoms with Crippen LogP contribution in [0.4, 0.5) is 0 Å². The monoisotopic (exact) mass is 385 g/mol. The summed E-state index contributed by atoms with van der Waals surface area (Å²) in [5, 5.41) is 13.8. The molecular weight excluding hydrogens is 346 g/mol. The fourth-order valence-electron chi connectivity index (χ4n) is 2.93. The van der Waals surface area contributed by atoms with Crippen LogP contribution in [-0.4, -0.2) is 42.5 Å². The summed E-state index contributed by atoms with van der Waals surface area (Å²) in [6, 6.07) is 0. The number of carboxylic acid groups (broad SMARTS) is 1. The minimum Gasteiger partial charge on any atom is -0.480 e. The zero-order valence-corrected chi connectivity index (χ0v) is 16.8. The molecule has 0 aromatic heterocycles.